The summed E-state index contributed by atoms with van der Waals surface area (Å²) in [6, 6.07) is 9.92. The highest BCUT2D eigenvalue weighted by Gasteiger charge is 2.23. The lowest BCUT2D eigenvalue weighted by atomic mass is 10.1. The molecular formula is C22H26F2N2O2. The molecule has 0 radical (unpaired) electrons. The van der Waals surface area contributed by atoms with Crippen molar-refractivity contribution in [3.63, 3.8) is 0 Å². The Morgan fingerprint density at radius 2 is 2.00 bits per heavy atom. The van der Waals surface area contributed by atoms with E-state index in [0.717, 1.165) is 30.3 Å². The van der Waals surface area contributed by atoms with Crippen LogP contribution >= 0.6 is 0 Å². The molecule has 2 aromatic carbocycles. The van der Waals surface area contributed by atoms with Crippen molar-refractivity contribution < 1.29 is 18.3 Å². The van der Waals surface area contributed by atoms with Crippen molar-refractivity contribution in [2.75, 3.05) is 31.1 Å². The minimum atomic E-state index is -0.838. The molecule has 0 aliphatic carbocycles. The number of carbonyl (C=O) groups excluding carboxylic acids is 1. The van der Waals surface area contributed by atoms with Gasteiger partial charge in [-0.05, 0) is 49.9 Å². The normalized spacial score (nSPS) is 16.3. The van der Waals surface area contributed by atoms with E-state index in [1.807, 2.05) is 36.9 Å². The molecule has 6 heteroatoms. The van der Waals surface area contributed by atoms with E-state index in [1.54, 1.807) is 6.07 Å². The largest absolute Gasteiger partial charge is 0.493 e. The number of aryl methyl sites for hydroxylation is 2. The van der Waals surface area contributed by atoms with Crippen LogP contribution in [0, 0.1) is 31.4 Å². The number of ether oxygens (including phenoxy) is 1. The van der Waals surface area contributed by atoms with E-state index < -0.39 is 11.6 Å². The third kappa shape index (κ3) is 5.21. The Labute approximate surface area is 164 Å². The van der Waals surface area contributed by atoms with Gasteiger partial charge in [0.25, 0.3) is 0 Å². The number of hydrogen-bond acceptors (Lipinski definition) is 3. The minimum absolute atomic E-state index is 0.0453. The summed E-state index contributed by atoms with van der Waals surface area (Å²) < 4.78 is 32.2. The van der Waals surface area contributed by atoms with Gasteiger partial charge in [-0.15, -0.1) is 0 Å². The van der Waals surface area contributed by atoms with Crippen LogP contribution in [0.25, 0.3) is 0 Å². The summed E-state index contributed by atoms with van der Waals surface area (Å²) in [4.78, 5) is 14.1. The van der Waals surface area contributed by atoms with Crippen LogP contribution in [0.5, 0.6) is 5.75 Å². The summed E-state index contributed by atoms with van der Waals surface area (Å²) in [5.41, 5.74) is 2.91. The monoisotopic (exact) mass is 388 g/mol. The number of hydrogen-bond donors (Lipinski definition) is 1. The molecule has 1 aliphatic rings. The molecule has 1 aliphatic heterocycles. The molecule has 0 aromatic heterocycles. The lowest BCUT2D eigenvalue weighted by molar-refractivity contribution is -0.121. The average Bonchev–Trinajstić information content (AvgIpc) is 3.13. The summed E-state index contributed by atoms with van der Waals surface area (Å²) in [6.07, 6.45) is 1.20. The van der Waals surface area contributed by atoms with Gasteiger partial charge in [0, 0.05) is 31.4 Å². The molecule has 1 heterocycles. The summed E-state index contributed by atoms with van der Waals surface area (Å²) in [5, 5.41) is 2.95. The summed E-state index contributed by atoms with van der Waals surface area (Å²) in [5.74, 6) is -0.627. The molecule has 2 aromatic rings. The van der Waals surface area contributed by atoms with Crippen LogP contribution in [0.3, 0.4) is 0 Å². The number of nitrogens with one attached hydrogen (secondary N) is 1. The molecule has 1 atom stereocenters. The zero-order valence-electron chi connectivity index (χ0n) is 16.3. The highest BCUT2D eigenvalue weighted by molar-refractivity contribution is 5.76. The average molecular weight is 388 g/mol. The van der Waals surface area contributed by atoms with Crippen molar-refractivity contribution in [3.05, 3.63) is 59.2 Å². The predicted molar refractivity (Wildman–Crippen MR) is 106 cm³/mol. The molecule has 1 N–H and O–H groups in total. The maximum absolute atomic E-state index is 13.4. The van der Waals surface area contributed by atoms with Gasteiger partial charge in [0.2, 0.25) is 5.91 Å². The van der Waals surface area contributed by atoms with Crippen LogP contribution in [0.4, 0.5) is 14.5 Å². The zero-order valence-corrected chi connectivity index (χ0v) is 16.3. The molecule has 0 spiro atoms. The van der Waals surface area contributed by atoms with Gasteiger partial charge in [-0.3, -0.25) is 4.79 Å². The first-order chi connectivity index (χ1) is 13.4. The van der Waals surface area contributed by atoms with Gasteiger partial charge < -0.3 is 15.0 Å². The maximum atomic E-state index is 13.4. The minimum Gasteiger partial charge on any atom is -0.493 e. The Kier molecular flexibility index (Phi) is 6.49. The quantitative estimate of drug-likeness (QED) is 0.780. The van der Waals surface area contributed by atoms with Crippen LogP contribution in [0.15, 0.2) is 36.4 Å². The zero-order chi connectivity index (χ0) is 20.1. The number of carbonyl (C=O) groups is 1. The summed E-state index contributed by atoms with van der Waals surface area (Å²) in [7, 11) is 0. The number of benzene rings is 2. The second-order valence-corrected chi connectivity index (χ2v) is 7.37. The standard InChI is InChI=1S/C22H26F2N2O2/c1-15-3-6-21(16(2)11-15)28-10-8-22(27)25-13-17-7-9-26(14-17)18-4-5-19(23)20(24)12-18/h3-6,11-12,17H,7-10,13-14H2,1-2H3,(H,25,27). The maximum Gasteiger partial charge on any atom is 0.223 e. The first-order valence-electron chi connectivity index (χ1n) is 9.59. The van der Waals surface area contributed by atoms with E-state index >= 15 is 0 Å². The molecule has 4 nitrogen and oxygen atoms in total. The van der Waals surface area contributed by atoms with Gasteiger partial charge in [-0.1, -0.05) is 17.7 Å². The number of anilines is 1. The van der Waals surface area contributed by atoms with Crippen molar-refractivity contribution in [3.8, 4) is 5.75 Å². The second-order valence-electron chi connectivity index (χ2n) is 7.37. The number of halogens is 2. The Bertz CT molecular complexity index is 841. The fourth-order valence-corrected chi connectivity index (χ4v) is 3.48. The van der Waals surface area contributed by atoms with Crippen molar-refractivity contribution >= 4 is 11.6 Å². The first kappa shape index (κ1) is 20.1. The first-order valence-corrected chi connectivity index (χ1v) is 9.59. The predicted octanol–water partition coefficient (Wildman–Crippen LogP) is 3.99. The van der Waals surface area contributed by atoms with Crippen molar-refractivity contribution in [1.82, 2.24) is 5.32 Å². The Balaban J connectivity index is 1.38. The Morgan fingerprint density at radius 3 is 2.75 bits per heavy atom. The number of rotatable bonds is 7. The summed E-state index contributed by atoms with van der Waals surface area (Å²) in [6.45, 7) is 6.40. The number of amides is 1. The van der Waals surface area contributed by atoms with Gasteiger partial charge in [0.05, 0.1) is 13.0 Å². The molecule has 1 fully saturated rings. The van der Waals surface area contributed by atoms with E-state index in [-0.39, 0.29) is 11.8 Å². The fourth-order valence-electron chi connectivity index (χ4n) is 3.48. The molecule has 1 unspecified atom stereocenters. The summed E-state index contributed by atoms with van der Waals surface area (Å²) >= 11 is 0. The number of nitrogens with zero attached hydrogens (tertiary/aromatic N) is 1. The molecule has 28 heavy (non-hydrogen) atoms. The van der Waals surface area contributed by atoms with Crippen LogP contribution < -0.4 is 15.0 Å². The lowest BCUT2D eigenvalue weighted by Crippen LogP contribution is -2.31. The molecular weight excluding hydrogens is 362 g/mol. The molecule has 150 valence electrons. The van der Waals surface area contributed by atoms with Crippen LogP contribution in [0.2, 0.25) is 0 Å². The molecule has 0 bridgehead atoms. The van der Waals surface area contributed by atoms with Crippen molar-refractivity contribution in [2.24, 2.45) is 5.92 Å². The topological polar surface area (TPSA) is 41.6 Å². The van der Waals surface area contributed by atoms with E-state index in [0.29, 0.717) is 31.8 Å². The fraction of sp³-hybridized carbons (Fsp3) is 0.409. The highest BCUT2D eigenvalue weighted by atomic mass is 19.2. The van der Waals surface area contributed by atoms with Crippen molar-refractivity contribution in [2.45, 2.75) is 26.7 Å². The van der Waals surface area contributed by atoms with Gasteiger partial charge in [-0.2, -0.15) is 0 Å². The third-order valence-electron chi connectivity index (χ3n) is 5.06. The molecule has 3 rings (SSSR count). The van der Waals surface area contributed by atoms with E-state index in [2.05, 4.69) is 5.32 Å². The van der Waals surface area contributed by atoms with Gasteiger partial charge >= 0.3 is 0 Å². The lowest BCUT2D eigenvalue weighted by Gasteiger charge is -2.19. The van der Waals surface area contributed by atoms with Crippen LogP contribution in [-0.4, -0.2) is 32.1 Å². The van der Waals surface area contributed by atoms with Gasteiger partial charge in [-0.25, -0.2) is 8.78 Å². The Morgan fingerprint density at radius 1 is 1.18 bits per heavy atom. The van der Waals surface area contributed by atoms with E-state index in [9.17, 15) is 13.6 Å². The van der Waals surface area contributed by atoms with Gasteiger partial charge in [0.15, 0.2) is 11.6 Å². The molecule has 1 saturated heterocycles. The van der Waals surface area contributed by atoms with E-state index in [4.69, 9.17) is 4.74 Å². The Hall–Kier alpha value is -2.63. The van der Waals surface area contributed by atoms with Crippen molar-refractivity contribution in [1.29, 1.82) is 0 Å². The smallest absolute Gasteiger partial charge is 0.223 e. The molecule has 1 amide bonds. The van der Waals surface area contributed by atoms with E-state index in [1.165, 1.54) is 11.6 Å². The SMILES string of the molecule is Cc1ccc(OCCC(=O)NCC2CCN(c3ccc(F)c(F)c3)C2)c(C)c1. The highest BCUT2D eigenvalue weighted by Crippen LogP contribution is 2.25. The second kappa shape index (κ2) is 9.04. The van der Waals surface area contributed by atoms with Gasteiger partial charge in [0.1, 0.15) is 5.75 Å². The van der Waals surface area contributed by atoms with Crippen LogP contribution in [0.1, 0.15) is 24.0 Å². The molecule has 0 saturated carbocycles. The van der Waals surface area contributed by atoms with Crippen LogP contribution in [-0.2, 0) is 4.79 Å². The third-order valence-corrected chi connectivity index (χ3v) is 5.06.